The second-order valence-electron chi connectivity index (χ2n) is 2.70. The number of likely N-dealkylation sites (N-methyl/N-ethyl adjacent to an activating group) is 1. The number of amides is 1. The third-order valence-corrected chi connectivity index (χ3v) is 1.87. The zero-order valence-corrected chi connectivity index (χ0v) is 9.06. The first-order valence-corrected chi connectivity index (χ1v) is 4.53. The van der Waals surface area contributed by atoms with E-state index in [2.05, 4.69) is 0 Å². The Morgan fingerprint density at radius 1 is 1.69 bits per heavy atom. The van der Waals surface area contributed by atoms with Crippen LogP contribution in [0.15, 0.2) is 0 Å². The van der Waals surface area contributed by atoms with Gasteiger partial charge >= 0.3 is 0 Å². The molecule has 0 bridgehead atoms. The third-order valence-electron chi connectivity index (χ3n) is 1.74. The van der Waals surface area contributed by atoms with Gasteiger partial charge in [-0.1, -0.05) is 12.2 Å². The summed E-state index contributed by atoms with van der Waals surface area (Å²) in [5.41, 5.74) is 5.35. The van der Waals surface area contributed by atoms with Gasteiger partial charge in [-0.2, -0.15) is 0 Å². The number of rotatable bonds is 5. The lowest BCUT2D eigenvalue weighted by atomic mass is 10.3. The van der Waals surface area contributed by atoms with E-state index >= 15 is 0 Å². The molecule has 0 saturated carbocycles. The second-order valence-corrected chi connectivity index (χ2v) is 3.22. The summed E-state index contributed by atoms with van der Waals surface area (Å²) in [6.45, 7) is 4.48. The van der Waals surface area contributed by atoms with Gasteiger partial charge in [0.05, 0.1) is 11.5 Å². The van der Waals surface area contributed by atoms with Crippen molar-refractivity contribution in [3.63, 3.8) is 0 Å². The maximum absolute atomic E-state index is 11.5. The summed E-state index contributed by atoms with van der Waals surface area (Å²) in [6.07, 6.45) is -0.436. The molecular formula is C8H16N2O2S. The fourth-order valence-corrected chi connectivity index (χ4v) is 1.05. The number of hydrogen-bond donors (Lipinski definition) is 1. The van der Waals surface area contributed by atoms with Crippen molar-refractivity contribution in [2.24, 2.45) is 5.73 Å². The summed E-state index contributed by atoms with van der Waals surface area (Å²) in [4.78, 5) is 13.4. The predicted octanol–water partition coefficient (Wildman–Crippen LogP) is 0.156. The van der Waals surface area contributed by atoms with Gasteiger partial charge in [-0.3, -0.25) is 4.79 Å². The zero-order chi connectivity index (χ0) is 10.4. The van der Waals surface area contributed by atoms with Crippen LogP contribution >= 0.6 is 12.2 Å². The lowest BCUT2D eigenvalue weighted by Crippen LogP contribution is -2.42. The zero-order valence-electron chi connectivity index (χ0n) is 8.24. The molecule has 0 fully saturated rings. The van der Waals surface area contributed by atoms with Crippen molar-refractivity contribution in [2.75, 3.05) is 20.2 Å². The molecule has 1 amide bonds. The number of thiocarbonyl (C=S) groups is 1. The van der Waals surface area contributed by atoms with Gasteiger partial charge in [-0.05, 0) is 13.8 Å². The molecular weight excluding hydrogens is 188 g/mol. The molecule has 0 aliphatic carbocycles. The van der Waals surface area contributed by atoms with Crippen LogP contribution in [0, 0.1) is 0 Å². The van der Waals surface area contributed by atoms with E-state index in [1.165, 1.54) is 7.11 Å². The van der Waals surface area contributed by atoms with Crippen LogP contribution in [0.3, 0.4) is 0 Å². The summed E-state index contributed by atoms with van der Waals surface area (Å²) >= 11 is 4.72. The van der Waals surface area contributed by atoms with E-state index in [0.29, 0.717) is 18.1 Å². The lowest BCUT2D eigenvalue weighted by molar-refractivity contribution is -0.139. The topological polar surface area (TPSA) is 55.6 Å². The fraction of sp³-hybridized carbons (Fsp3) is 0.750. The highest BCUT2D eigenvalue weighted by Crippen LogP contribution is 1.97. The Kier molecular flexibility index (Phi) is 5.57. The molecule has 0 heterocycles. The maximum atomic E-state index is 11.5. The monoisotopic (exact) mass is 204 g/mol. The molecule has 0 spiro atoms. The summed E-state index contributed by atoms with van der Waals surface area (Å²) in [7, 11) is 1.50. The molecule has 1 unspecified atom stereocenters. The molecule has 0 aliphatic rings. The molecule has 76 valence electrons. The van der Waals surface area contributed by atoms with Gasteiger partial charge in [-0.25, -0.2) is 0 Å². The minimum absolute atomic E-state index is 0.0854. The number of carbonyl (C=O) groups is 1. The van der Waals surface area contributed by atoms with E-state index in [0.717, 1.165) is 0 Å². The van der Waals surface area contributed by atoms with E-state index in [-0.39, 0.29) is 5.91 Å². The molecule has 0 aromatic carbocycles. The highest BCUT2D eigenvalue weighted by molar-refractivity contribution is 7.80. The number of nitrogens with zero attached hydrogens (tertiary/aromatic N) is 1. The number of nitrogens with two attached hydrogens (primary N) is 1. The standard InChI is InChI=1S/C8H16N2O2S/c1-4-10(5-7(9)13)8(11)6(2)12-3/h6H,4-5H2,1-3H3,(H2,9,13). The number of ether oxygens (including phenoxy) is 1. The Morgan fingerprint density at radius 3 is 2.54 bits per heavy atom. The lowest BCUT2D eigenvalue weighted by Gasteiger charge is -2.22. The van der Waals surface area contributed by atoms with Crippen molar-refractivity contribution in [1.82, 2.24) is 4.90 Å². The smallest absolute Gasteiger partial charge is 0.251 e. The minimum Gasteiger partial charge on any atom is -0.392 e. The first kappa shape index (κ1) is 12.3. The van der Waals surface area contributed by atoms with Crippen LogP contribution in [-0.2, 0) is 9.53 Å². The summed E-state index contributed by atoms with van der Waals surface area (Å²) in [5.74, 6) is -0.0854. The molecule has 0 aromatic rings. The van der Waals surface area contributed by atoms with Gasteiger partial charge in [-0.15, -0.1) is 0 Å². The predicted molar refractivity (Wildman–Crippen MR) is 55.5 cm³/mol. The van der Waals surface area contributed by atoms with Crippen LogP contribution in [0.25, 0.3) is 0 Å². The van der Waals surface area contributed by atoms with Crippen molar-refractivity contribution >= 4 is 23.1 Å². The van der Waals surface area contributed by atoms with Gasteiger partial charge in [0.25, 0.3) is 5.91 Å². The fourth-order valence-electron chi connectivity index (χ4n) is 0.892. The highest BCUT2D eigenvalue weighted by Gasteiger charge is 2.18. The van der Waals surface area contributed by atoms with Gasteiger partial charge in [0.2, 0.25) is 0 Å². The van der Waals surface area contributed by atoms with Crippen molar-refractivity contribution in [2.45, 2.75) is 20.0 Å². The van der Waals surface area contributed by atoms with E-state index in [1.807, 2.05) is 6.92 Å². The van der Waals surface area contributed by atoms with Crippen LogP contribution in [0.4, 0.5) is 0 Å². The number of hydrogen-bond acceptors (Lipinski definition) is 3. The molecule has 0 radical (unpaired) electrons. The number of methoxy groups -OCH3 is 1. The quantitative estimate of drug-likeness (QED) is 0.648. The van der Waals surface area contributed by atoms with Crippen LogP contribution < -0.4 is 5.73 Å². The Balaban J connectivity index is 4.22. The molecule has 0 aromatic heterocycles. The normalized spacial score (nSPS) is 12.2. The van der Waals surface area contributed by atoms with Crippen molar-refractivity contribution in [3.8, 4) is 0 Å². The summed E-state index contributed by atoms with van der Waals surface area (Å²) in [5, 5.41) is 0. The van der Waals surface area contributed by atoms with Gasteiger partial charge in [0.15, 0.2) is 0 Å². The van der Waals surface area contributed by atoms with Crippen LogP contribution in [-0.4, -0.2) is 42.1 Å². The average molecular weight is 204 g/mol. The van der Waals surface area contributed by atoms with E-state index in [9.17, 15) is 4.79 Å². The molecule has 2 N–H and O–H groups in total. The number of carbonyl (C=O) groups excluding carboxylic acids is 1. The van der Waals surface area contributed by atoms with E-state index in [4.69, 9.17) is 22.7 Å². The van der Waals surface area contributed by atoms with Crippen molar-refractivity contribution in [1.29, 1.82) is 0 Å². The SMILES string of the molecule is CCN(CC(N)=S)C(=O)C(C)OC. The second kappa shape index (κ2) is 5.88. The molecule has 0 saturated heterocycles. The van der Waals surface area contributed by atoms with E-state index < -0.39 is 6.10 Å². The Bertz CT molecular complexity index is 197. The van der Waals surface area contributed by atoms with Crippen LogP contribution in [0.2, 0.25) is 0 Å². The van der Waals surface area contributed by atoms with Crippen molar-refractivity contribution in [3.05, 3.63) is 0 Å². The van der Waals surface area contributed by atoms with Crippen LogP contribution in [0.1, 0.15) is 13.8 Å². The molecule has 1 atom stereocenters. The summed E-state index contributed by atoms with van der Waals surface area (Å²) in [6, 6.07) is 0. The summed E-state index contributed by atoms with van der Waals surface area (Å²) < 4.78 is 4.90. The largest absolute Gasteiger partial charge is 0.392 e. The molecule has 4 nitrogen and oxygen atoms in total. The molecule has 0 rings (SSSR count). The van der Waals surface area contributed by atoms with Gasteiger partial charge in [0.1, 0.15) is 6.10 Å². The Labute approximate surface area is 84.0 Å². The van der Waals surface area contributed by atoms with Gasteiger partial charge < -0.3 is 15.4 Å². The van der Waals surface area contributed by atoms with Crippen LogP contribution in [0.5, 0.6) is 0 Å². The highest BCUT2D eigenvalue weighted by atomic mass is 32.1. The first-order chi connectivity index (χ1) is 6.02. The first-order valence-electron chi connectivity index (χ1n) is 4.12. The van der Waals surface area contributed by atoms with E-state index in [1.54, 1.807) is 11.8 Å². The molecule has 0 aliphatic heterocycles. The Hall–Kier alpha value is -0.680. The van der Waals surface area contributed by atoms with Gasteiger partial charge in [0, 0.05) is 13.7 Å². The third kappa shape index (κ3) is 4.19. The minimum atomic E-state index is -0.436. The maximum Gasteiger partial charge on any atom is 0.251 e. The van der Waals surface area contributed by atoms with Crippen molar-refractivity contribution < 1.29 is 9.53 Å². The molecule has 5 heteroatoms. The Morgan fingerprint density at radius 2 is 2.23 bits per heavy atom. The average Bonchev–Trinajstić information content (AvgIpc) is 2.11. The molecule has 13 heavy (non-hydrogen) atoms.